The number of thiazole rings is 2. The molecule has 1 atom stereocenters. The van der Waals surface area contributed by atoms with Crippen molar-refractivity contribution in [2.45, 2.75) is 39.7 Å². The van der Waals surface area contributed by atoms with E-state index in [-0.39, 0.29) is 12.0 Å². The molecule has 0 radical (unpaired) electrons. The van der Waals surface area contributed by atoms with E-state index in [9.17, 15) is 4.79 Å². The SMILES string of the molecule is CCOC(=O)CCc1csc(NC(C)c2ncc(C)s2)n1. The molecule has 0 aromatic carbocycles. The highest BCUT2D eigenvalue weighted by Crippen LogP contribution is 2.25. The third kappa shape index (κ3) is 4.78. The molecule has 2 rings (SSSR count). The number of esters is 1. The van der Waals surface area contributed by atoms with Crippen LogP contribution >= 0.6 is 22.7 Å². The Morgan fingerprint density at radius 1 is 1.52 bits per heavy atom. The third-order valence-corrected chi connectivity index (χ3v) is 4.71. The summed E-state index contributed by atoms with van der Waals surface area (Å²) in [5, 5.41) is 7.22. The summed E-state index contributed by atoms with van der Waals surface area (Å²) in [7, 11) is 0. The van der Waals surface area contributed by atoms with Crippen molar-refractivity contribution in [1.29, 1.82) is 0 Å². The number of hydrogen-bond donors (Lipinski definition) is 1. The molecule has 21 heavy (non-hydrogen) atoms. The molecule has 114 valence electrons. The van der Waals surface area contributed by atoms with Crippen molar-refractivity contribution >= 4 is 33.8 Å². The van der Waals surface area contributed by atoms with Gasteiger partial charge < -0.3 is 10.1 Å². The van der Waals surface area contributed by atoms with Crippen molar-refractivity contribution in [2.24, 2.45) is 0 Å². The van der Waals surface area contributed by atoms with Crippen molar-refractivity contribution in [3.05, 3.63) is 27.2 Å². The van der Waals surface area contributed by atoms with Gasteiger partial charge >= 0.3 is 5.97 Å². The van der Waals surface area contributed by atoms with Gasteiger partial charge in [-0.15, -0.1) is 22.7 Å². The van der Waals surface area contributed by atoms with Crippen LogP contribution in [0.25, 0.3) is 0 Å². The average molecular weight is 325 g/mol. The molecule has 0 aliphatic heterocycles. The molecule has 1 N–H and O–H groups in total. The van der Waals surface area contributed by atoms with Gasteiger partial charge in [-0.1, -0.05) is 0 Å². The highest BCUT2D eigenvalue weighted by Gasteiger charge is 2.12. The Bertz CT molecular complexity index is 595. The minimum atomic E-state index is -0.174. The van der Waals surface area contributed by atoms with Crippen LogP contribution in [0.1, 0.15) is 41.9 Å². The van der Waals surface area contributed by atoms with Crippen LogP contribution in [-0.2, 0) is 16.0 Å². The van der Waals surface area contributed by atoms with Crippen LogP contribution in [0.2, 0.25) is 0 Å². The summed E-state index contributed by atoms with van der Waals surface area (Å²) in [6.07, 6.45) is 2.87. The Morgan fingerprint density at radius 3 is 3.00 bits per heavy atom. The fraction of sp³-hybridized carbons (Fsp3) is 0.500. The standard InChI is InChI=1S/C14H19N3O2S2/c1-4-19-12(18)6-5-11-8-20-14(17-11)16-10(3)13-15-7-9(2)21-13/h7-8,10H,4-6H2,1-3H3,(H,16,17). The molecule has 7 heteroatoms. The molecule has 2 heterocycles. The molecule has 0 bridgehead atoms. The van der Waals surface area contributed by atoms with Crippen LogP contribution < -0.4 is 5.32 Å². The minimum Gasteiger partial charge on any atom is -0.466 e. The predicted molar refractivity (Wildman–Crippen MR) is 86.0 cm³/mol. The first-order chi connectivity index (χ1) is 10.1. The zero-order valence-electron chi connectivity index (χ0n) is 12.4. The van der Waals surface area contributed by atoms with Crippen molar-refractivity contribution in [3.63, 3.8) is 0 Å². The van der Waals surface area contributed by atoms with Gasteiger partial charge in [-0.3, -0.25) is 4.79 Å². The number of carbonyl (C=O) groups excluding carboxylic acids is 1. The molecule has 0 spiro atoms. The molecule has 0 fully saturated rings. The molecule has 0 saturated heterocycles. The van der Waals surface area contributed by atoms with Crippen LogP contribution in [0, 0.1) is 6.92 Å². The van der Waals surface area contributed by atoms with Crippen molar-refractivity contribution in [2.75, 3.05) is 11.9 Å². The summed E-state index contributed by atoms with van der Waals surface area (Å²) >= 11 is 3.23. The Labute approximate surface area is 132 Å². The highest BCUT2D eigenvalue weighted by molar-refractivity contribution is 7.13. The number of hydrogen-bond acceptors (Lipinski definition) is 7. The van der Waals surface area contributed by atoms with Crippen molar-refractivity contribution in [1.82, 2.24) is 9.97 Å². The Morgan fingerprint density at radius 2 is 2.33 bits per heavy atom. The van der Waals surface area contributed by atoms with Gasteiger partial charge in [-0.25, -0.2) is 9.97 Å². The Kier molecular flexibility index (Phi) is 5.69. The number of nitrogens with zero attached hydrogens (tertiary/aromatic N) is 2. The lowest BCUT2D eigenvalue weighted by atomic mass is 10.2. The monoisotopic (exact) mass is 325 g/mol. The largest absolute Gasteiger partial charge is 0.466 e. The first kappa shape index (κ1) is 15.9. The van der Waals surface area contributed by atoms with E-state index in [0.717, 1.165) is 15.8 Å². The van der Waals surface area contributed by atoms with Crippen LogP contribution in [0.3, 0.4) is 0 Å². The number of ether oxygens (including phenoxy) is 1. The summed E-state index contributed by atoms with van der Waals surface area (Å²) in [5.41, 5.74) is 0.915. The zero-order chi connectivity index (χ0) is 15.2. The summed E-state index contributed by atoms with van der Waals surface area (Å²) in [6, 6.07) is 0.132. The molecule has 0 saturated carbocycles. The van der Waals surface area contributed by atoms with Gasteiger partial charge in [0.05, 0.1) is 24.8 Å². The molecule has 5 nitrogen and oxygen atoms in total. The van der Waals surface area contributed by atoms with E-state index in [2.05, 4.69) is 22.2 Å². The summed E-state index contributed by atoms with van der Waals surface area (Å²) in [4.78, 5) is 21.4. The minimum absolute atomic E-state index is 0.132. The van der Waals surface area contributed by atoms with E-state index in [1.165, 1.54) is 4.88 Å². The van der Waals surface area contributed by atoms with E-state index in [4.69, 9.17) is 4.74 Å². The summed E-state index contributed by atoms with van der Waals surface area (Å²) < 4.78 is 4.91. The second-order valence-corrected chi connectivity index (χ2v) is 6.75. The van der Waals surface area contributed by atoms with Crippen LogP contribution in [-0.4, -0.2) is 22.5 Å². The number of rotatable bonds is 7. The van der Waals surface area contributed by atoms with Crippen LogP contribution in [0.15, 0.2) is 11.6 Å². The maximum Gasteiger partial charge on any atom is 0.306 e. The predicted octanol–water partition coefficient (Wildman–Crippen LogP) is 3.58. The molecular weight excluding hydrogens is 306 g/mol. The molecule has 2 aromatic rings. The number of carbonyl (C=O) groups is 1. The topological polar surface area (TPSA) is 64.1 Å². The number of aryl methyl sites for hydroxylation is 2. The first-order valence-electron chi connectivity index (χ1n) is 6.87. The van der Waals surface area contributed by atoms with Crippen LogP contribution in [0.4, 0.5) is 5.13 Å². The van der Waals surface area contributed by atoms with Gasteiger partial charge in [0, 0.05) is 22.9 Å². The quantitative estimate of drug-likeness (QED) is 0.788. The Balaban J connectivity index is 1.86. The maximum atomic E-state index is 11.3. The lowest BCUT2D eigenvalue weighted by Gasteiger charge is -2.09. The average Bonchev–Trinajstić information content (AvgIpc) is 3.06. The van der Waals surface area contributed by atoms with E-state index < -0.39 is 0 Å². The molecule has 0 amide bonds. The molecular formula is C14H19N3O2S2. The van der Waals surface area contributed by atoms with Gasteiger partial charge in [0.1, 0.15) is 5.01 Å². The second kappa shape index (κ2) is 7.51. The number of anilines is 1. The zero-order valence-corrected chi connectivity index (χ0v) is 14.0. The third-order valence-electron chi connectivity index (χ3n) is 2.79. The summed E-state index contributed by atoms with van der Waals surface area (Å²) in [5.74, 6) is -0.174. The van der Waals surface area contributed by atoms with Crippen molar-refractivity contribution < 1.29 is 9.53 Å². The maximum absolute atomic E-state index is 11.3. The van der Waals surface area contributed by atoms with E-state index >= 15 is 0 Å². The van der Waals surface area contributed by atoms with Gasteiger partial charge in [-0.05, 0) is 20.8 Å². The molecule has 2 aromatic heterocycles. The number of aromatic nitrogens is 2. The smallest absolute Gasteiger partial charge is 0.306 e. The molecule has 0 aliphatic carbocycles. The molecule has 0 aliphatic rings. The van der Waals surface area contributed by atoms with Gasteiger partial charge in [0.15, 0.2) is 5.13 Å². The van der Waals surface area contributed by atoms with Crippen molar-refractivity contribution in [3.8, 4) is 0 Å². The van der Waals surface area contributed by atoms with E-state index in [1.807, 2.05) is 25.4 Å². The van der Waals surface area contributed by atoms with Gasteiger partial charge in [-0.2, -0.15) is 0 Å². The first-order valence-corrected chi connectivity index (χ1v) is 8.57. The number of nitrogens with one attached hydrogen (secondary N) is 1. The van der Waals surface area contributed by atoms with Gasteiger partial charge in [0.2, 0.25) is 0 Å². The fourth-order valence-corrected chi connectivity index (χ4v) is 3.38. The normalized spacial score (nSPS) is 12.1. The second-order valence-electron chi connectivity index (χ2n) is 4.62. The van der Waals surface area contributed by atoms with Crippen LogP contribution in [0.5, 0.6) is 0 Å². The van der Waals surface area contributed by atoms with E-state index in [1.54, 1.807) is 22.7 Å². The van der Waals surface area contributed by atoms with Gasteiger partial charge in [0.25, 0.3) is 0 Å². The summed E-state index contributed by atoms with van der Waals surface area (Å²) in [6.45, 7) is 6.35. The lowest BCUT2D eigenvalue weighted by molar-refractivity contribution is -0.143. The molecule has 1 unspecified atom stereocenters. The highest BCUT2D eigenvalue weighted by atomic mass is 32.1. The fourth-order valence-electron chi connectivity index (χ4n) is 1.77. The Hall–Kier alpha value is -1.47. The van der Waals surface area contributed by atoms with E-state index in [0.29, 0.717) is 19.4 Å². The lowest BCUT2D eigenvalue weighted by Crippen LogP contribution is -2.07.